The van der Waals surface area contributed by atoms with Gasteiger partial charge in [0.15, 0.2) is 0 Å². The van der Waals surface area contributed by atoms with Crippen LogP contribution in [0.2, 0.25) is 5.02 Å². The number of hydrogen-bond acceptors (Lipinski definition) is 2. The van der Waals surface area contributed by atoms with Crippen LogP contribution in [0.3, 0.4) is 0 Å². The van der Waals surface area contributed by atoms with Crippen molar-refractivity contribution in [1.82, 2.24) is 0 Å². The minimum absolute atomic E-state index is 0.148. The predicted octanol–water partition coefficient (Wildman–Crippen LogP) is 3.88. The van der Waals surface area contributed by atoms with Crippen molar-refractivity contribution in [2.24, 2.45) is 5.73 Å². The third-order valence-corrected chi connectivity index (χ3v) is 3.40. The van der Waals surface area contributed by atoms with E-state index in [1.54, 1.807) is 18.4 Å². The summed E-state index contributed by atoms with van der Waals surface area (Å²) in [6.45, 7) is 2.00. The first-order valence-corrected chi connectivity index (χ1v) is 6.26. The Bertz CT molecular complexity index is 538. The van der Waals surface area contributed by atoms with Crippen molar-refractivity contribution in [1.29, 1.82) is 0 Å². The van der Waals surface area contributed by atoms with E-state index in [4.69, 9.17) is 21.8 Å². The maximum absolute atomic E-state index is 13.3. The van der Waals surface area contributed by atoms with Gasteiger partial charge in [0.1, 0.15) is 11.6 Å². The van der Waals surface area contributed by atoms with E-state index in [2.05, 4.69) is 0 Å². The molecule has 1 atom stereocenters. The summed E-state index contributed by atoms with van der Waals surface area (Å²) in [7, 11) is 0. The van der Waals surface area contributed by atoms with E-state index >= 15 is 0 Å². The second kappa shape index (κ2) is 5.55. The Morgan fingerprint density at radius 1 is 1.39 bits per heavy atom. The average molecular weight is 268 g/mol. The van der Waals surface area contributed by atoms with Gasteiger partial charge in [0.2, 0.25) is 0 Å². The second-order valence-electron chi connectivity index (χ2n) is 4.18. The van der Waals surface area contributed by atoms with Crippen LogP contribution in [0, 0.1) is 5.82 Å². The van der Waals surface area contributed by atoms with Crippen LogP contribution in [0.15, 0.2) is 34.9 Å². The van der Waals surface area contributed by atoms with E-state index in [0.29, 0.717) is 12.0 Å². The summed E-state index contributed by atoms with van der Waals surface area (Å²) in [6.07, 6.45) is 2.90. The van der Waals surface area contributed by atoms with Crippen molar-refractivity contribution in [3.8, 4) is 0 Å². The summed E-state index contributed by atoms with van der Waals surface area (Å²) in [5.74, 6) is 0.458. The quantitative estimate of drug-likeness (QED) is 0.913. The van der Waals surface area contributed by atoms with Gasteiger partial charge in [-0.3, -0.25) is 0 Å². The molecule has 1 unspecified atom stereocenters. The first kappa shape index (κ1) is 13.1. The predicted molar refractivity (Wildman–Crippen MR) is 70.1 cm³/mol. The summed E-state index contributed by atoms with van der Waals surface area (Å²) in [5, 5.41) is 0.148. The molecule has 2 nitrogen and oxygen atoms in total. The number of nitrogens with two attached hydrogens (primary N) is 1. The zero-order valence-corrected chi connectivity index (χ0v) is 10.9. The van der Waals surface area contributed by atoms with E-state index in [9.17, 15) is 4.39 Å². The molecular formula is C14H15ClFNO. The zero-order valence-electron chi connectivity index (χ0n) is 10.1. The Labute approximate surface area is 111 Å². The van der Waals surface area contributed by atoms with Crippen molar-refractivity contribution < 1.29 is 8.81 Å². The average Bonchev–Trinajstić information content (AvgIpc) is 2.83. The fourth-order valence-corrected chi connectivity index (χ4v) is 2.22. The van der Waals surface area contributed by atoms with Gasteiger partial charge < -0.3 is 10.2 Å². The van der Waals surface area contributed by atoms with Gasteiger partial charge in [0, 0.05) is 18.0 Å². The highest BCUT2D eigenvalue weighted by molar-refractivity contribution is 6.31. The van der Waals surface area contributed by atoms with Crippen LogP contribution < -0.4 is 5.73 Å². The molecule has 4 heteroatoms. The molecule has 1 heterocycles. The van der Waals surface area contributed by atoms with E-state index in [-0.39, 0.29) is 11.1 Å². The zero-order chi connectivity index (χ0) is 13.1. The van der Waals surface area contributed by atoms with Crippen LogP contribution in [0.4, 0.5) is 4.39 Å². The van der Waals surface area contributed by atoms with Gasteiger partial charge in [0.05, 0.1) is 11.3 Å². The highest BCUT2D eigenvalue weighted by Crippen LogP contribution is 2.26. The maximum Gasteiger partial charge on any atom is 0.142 e. The van der Waals surface area contributed by atoms with Gasteiger partial charge in [-0.2, -0.15) is 0 Å². The Morgan fingerprint density at radius 2 is 2.17 bits per heavy atom. The molecule has 0 aliphatic rings. The van der Waals surface area contributed by atoms with E-state index < -0.39 is 5.82 Å². The lowest BCUT2D eigenvalue weighted by molar-refractivity contribution is 0.505. The van der Waals surface area contributed by atoms with Crippen molar-refractivity contribution in [2.45, 2.75) is 25.8 Å². The highest BCUT2D eigenvalue weighted by Gasteiger charge is 2.16. The topological polar surface area (TPSA) is 39.2 Å². The fourth-order valence-electron chi connectivity index (χ4n) is 2.02. The van der Waals surface area contributed by atoms with Gasteiger partial charge >= 0.3 is 0 Å². The summed E-state index contributed by atoms with van der Waals surface area (Å²) in [5.41, 5.74) is 7.80. The van der Waals surface area contributed by atoms with Crippen molar-refractivity contribution in [2.75, 3.05) is 0 Å². The summed E-state index contributed by atoms with van der Waals surface area (Å²) < 4.78 is 18.7. The van der Waals surface area contributed by atoms with Gasteiger partial charge in [-0.1, -0.05) is 30.7 Å². The first-order chi connectivity index (χ1) is 8.63. The summed E-state index contributed by atoms with van der Waals surface area (Å²) >= 11 is 5.92. The number of benzene rings is 1. The Balaban J connectivity index is 2.21. The van der Waals surface area contributed by atoms with E-state index in [1.165, 1.54) is 6.07 Å². The van der Waals surface area contributed by atoms with Gasteiger partial charge in [0.25, 0.3) is 0 Å². The van der Waals surface area contributed by atoms with Crippen LogP contribution in [0.5, 0.6) is 0 Å². The molecule has 1 aromatic carbocycles. The monoisotopic (exact) mass is 267 g/mol. The molecule has 0 radical (unpaired) electrons. The SMILES string of the molecule is CCc1occc1C(N)Cc1cccc(F)c1Cl. The smallest absolute Gasteiger partial charge is 0.142 e. The summed E-state index contributed by atoms with van der Waals surface area (Å²) in [4.78, 5) is 0. The lowest BCUT2D eigenvalue weighted by Gasteiger charge is -2.13. The van der Waals surface area contributed by atoms with Crippen molar-refractivity contribution >= 4 is 11.6 Å². The summed E-state index contributed by atoms with van der Waals surface area (Å²) in [6, 6.07) is 6.39. The van der Waals surface area contributed by atoms with Crippen molar-refractivity contribution in [3.63, 3.8) is 0 Å². The molecule has 0 aliphatic heterocycles. The van der Waals surface area contributed by atoms with Gasteiger partial charge in [-0.15, -0.1) is 0 Å². The molecular weight excluding hydrogens is 253 g/mol. The first-order valence-electron chi connectivity index (χ1n) is 5.88. The fraction of sp³-hybridized carbons (Fsp3) is 0.286. The number of hydrogen-bond donors (Lipinski definition) is 1. The molecule has 1 aromatic heterocycles. The molecule has 0 amide bonds. The van der Waals surface area contributed by atoms with Crippen LogP contribution in [-0.4, -0.2) is 0 Å². The van der Waals surface area contributed by atoms with Crippen molar-refractivity contribution in [3.05, 3.63) is 58.3 Å². The number of halogens is 2. The highest BCUT2D eigenvalue weighted by atomic mass is 35.5. The lowest BCUT2D eigenvalue weighted by Crippen LogP contribution is -2.14. The molecule has 0 aliphatic carbocycles. The van der Waals surface area contributed by atoms with Crippen LogP contribution >= 0.6 is 11.6 Å². The lowest BCUT2D eigenvalue weighted by atomic mass is 9.99. The molecule has 18 heavy (non-hydrogen) atoms. The number of rotatable bonds is 4. The van der Waals surface area contributed by atoms with Gasteiger partial charge in [-0.05, 0) is 24.1 Å². The van der Waals surface area contributed by atoms with Crippen LogP contribution in [-0.2, 0) is 12.8 Å². The molecule has 2 aromatic rings. The molecule has 0 saturated carbocycles. The molecule has 0 spiro atoms. The minimum atomic E-state index is -0.413. The third-order valence-electron chi connectivity index (χ3n) is 2.97. The molecule has 2 N–H and O–H groups in total. The number of furan rings is 1. The molecule has 2 rings (SSSR count). The molecule has 0 saturated heterocycles. The normalized spacial score (nSPS) is 12.7. The second-order valence-corrected chi connectivity index (χ2v) is 4.55. The molecule has 0 bridgehead atoms. The Morgan fingerprint density at radius 3 is 2.89 bits per heavy atom. The molecule has 0 fully saturated rings. The number of aryl methyl sites for hydroxylation is 1. The van der Waals surface area contributed by atoms with Gasteiger partial charge in [-0.25, -0.2) is 4.39 Å². The Kier molecular flexibility index (Phi) is 4.04. The standard InChI is InChI=1S/C14H15ClFNO/c1-2-13-10(6-7-18-13)12(17)8-9-4-3-5-11(16)14(9)15/h3-7,12H,2,8,17H2,1H3. The largest absolute Gasteiger partial charge is 0.469 e. The maximum atomic E-state index is 13.3. The third kappa shape index (κ3) is 2.57. The molecule has 96 valence electrons. The van der Waals surface area contributed by atoms with E-state index in [1.807, 2.05) is 13.0 Å². The van der Waals surface area contributed by atoms with E-state index in [0.717, 1.165) is 17.7 Å². The van der Waals surface area contributed by atoms with Crippen LogP contribution in [0.1, 0.15) is 29.9 Å². The minimum Gasteiger partial charge on any atom is -0.469 e. The Hall–Kier alpha value is -1.32. The van der Waals surface area contributed by atoms with Crippen LogP contribution in [0.25, 0.3) is 0 Å².